The second-order valence-electron chi connectivity index (χ2n) is 5.33. The van der Waals surface area contributed by atoms with Crippen molar-refractivity contribution in [2.75, 3.05) is 0 Å². The molecule has 0 aliphatic rings. The molecule has 0 saturated heterocycles. The summed E-state index contributed by atoms with van der Waals surface area (Å²) in [6.07, 6.45) is 0.227. The largest absolute Gasteiger partial charge is 0.487 e. The van der Waals surface area contributed by atoms with Crippen molar-refractivity contribution in [1.82, 2.24) is 0 Å². The Morgan fingerprint density at radius 3 is 1.95 bits per heavy atom. The minimum Gasteiger partial charge on any atom is -0.487 e. The molecule has 0 amide bonds. The molecule has 2 nitrogen and oxygen atoms in total. The van der Waals surface area contributed by atoms with Gasteiger partial charge >= 0.3 is 0 Å². The molecule has 2 aromatic carbocycles. The summed E-state index contributed by atoms with van der Waals surface area (Å²) in [6, 6.07) is 16.3. The highest BCUT2D eigenvalue weighted by molar-refractivity contribution is 5.73. The molecular weight excluding hydrogens is 248 g/mol. The van der Waals surface area contributed by atoms with E-state index in [2.05, 4.69) is 18.2 Å². The Balaban J connectivity index is 2.50. The number of rotatable bonds is 5. The van der Waals surface area contributed by atoms with Crippen LogP contribution in [0.1, 0.15) is 27.7 Å². The van der Waals surface area contributed by atoms with E-state index in [9.17, 15) is 0 Å². The van der Waals surface area contributed by atoms with E-state index < -0.39 is 0 Å². The van der Waals surface area contributed by atoms with E-state index in [-0.39, 0.29) is 12.2 Å². The molecule has 0 radical (unpaired) electrons. The van der Waals surface area contributed by atoms with Crippen LogP contribution < -0.4 is 9.47 Å². The van der Waals surface area contributed by atoms with Crippen molar-refractivity contribution >= 4 is 0 Å². The van der Waals surface area contributed by atoms with Gasteiger partial charge in [0.1, 0.15) is 0 Å². The van der Waals surface area contributed by atoms with Gasteiger partial charge in [-0.15, -0.1) is 0 Å². The Labute approximate surface area is 121 Å². The molecular formula is C18H22O2. The zero-order chi connectivity index (χ0) is 14.5. The first kappa shape index (κ1) is 14.4. The Hall–Kier alpha value is -1.96. The van der Waals surface area contributed by atoms with E-state index in [0.29, 0.717) is 0 Å². The number of para-hydroxylation sites is 1. The molecule has 106 valence electrons. The minimum atomic E-state index is 0.106. The third-order valence-electron chi connectivity index (χ3n) is 2.78. The summed E-state index contributed by atoms with van der Waals surface area (Å²) < 4.78 is 11.9. The van der Waals surface area contributed by atoms with Crippen LogP contribution in [-0.4, -0.2) is 12.2 Å². The number of benzene rings is 2. The number of hydrogen-bond donors (Lipinski definition) is 0. The van der Waals surface area contributed by atoms with E-state index in [4.69, 9.17) is 9.47 Å². The zero-order valence-electron chi connectivity index (χ0n) is 12.6. The van der Waals surface area contributed by atoms with Crippen molar-refractivity contribution in [2.24, 2.45) is 0 Å². The third-order valence-corrected chi connectivity index (χ3v) is 2.78. The lowest BCUT2D eigenvalue weighted by Crippen LogP contribution is -2.11. The molecule has 0 atom stereocenters. The fraction of sp³-hybridized carbons (Fsp3) is 0.333. The van der Waals surface area contributed by atoms with E-state index in [1.165, 1.54) is 0 Å². The summed E-state index contributed by atoms with van der Waals surface area (Å²) >= 11 is 0. The third kappa shape index (κ3) is 3.53. The SMILES string of the molecule is CC(C)Oc1cccc(-c2ccccc2)c1OC(C)C. The highest BCUT2D eigenvalue weighted by atomic mass is 16.5. The van der Waals surface area contributed by atoms with E-state index in [0.717, 1.165) is 22.6 Å². The van der Waals surface area contributed by atoms with Gasteiger partial charge in [-0.25, -0.2) is 0 Å². The van der Waals surface area contributed by atoms with Gasteiger partial charge in [0.15, 0.2) is 11.5 Å². The van der Waals surface area contributed by atoms with Crippen molar-refractivity contribution in [1.29, 1.82) is 0 Å². The molecule has 0 heterocycles. The van der Waals surface area contributed by atoms with Gasteiger partial charge in [-0.1, -0.05) is 42.5 Å². The van der Waals surface area contributed by atoms with Gasteiger partial charge in [-0.2, -0.15) is 0 Å². The molecule has 2 heteroatoms. The maximum absolute atomic E-state index is 6.01. The van der Waals surface area contributed by atoms with Crippen LogP contribution in [0.3, 0.4) is 0 Å². The lowest BCUT2D eigenvalue weighted by Gasteiger charge is -2.20. The predicted octanol–water partition coefficient (Wildman–Crippen LogP) is 4.93. The molecule has 0 fully saturated rings. The molecule has 0 bridgehead atoms. The second-order valence-corrected chi connectivity index (χ2v) is 5.33. The molecule has 0 aliphatic heterocycles. The van der Waals surface area contributed by atoms with Crippen molar-refractivity contribution < 1.29 is 9.47 Å². The summed E-state index contributed by atoms with van der Waals surface area (Å²) in [7, 11) is 0. The van der Waals surface area contributed by atoms with Gasteiger partial charge in [0, 0.05) is 5.56 Å². The van der Waals surface area contributed by atoms with Crippen LogP contribution in [0.25, 0.3) is 11.1 Å². The minimum absolute atomic E-state index is 0.106. The van der Waals surface area contributed by atoms with Crippen LogP contribution >= 0.6 is 0 Å². The van der Waals surface area contributed by atoms with Crippen LogP contribution in [0.4, 0.5) is 0 Å². The van der Waals surface area contributed by atoms with Crippen molar-refractivity contribution in [3.8, 4) is 22.6 Å². The molecule has 2 rings (SSSR count). The lowest BCUT2D eigenvalue weighted by molar-refractivity contribution is 0.199. The van der Waals surface area contributed by atoms with Crippen molar-refractivity contribution in [3.05, 3.63) is 48.5 Å². The molecule has 0 aromatic heterocycles. The molecule has 0 saturated carbocycles. The lowest BCUT2D eigenvalue weighted by atomic mass is 10.0. The molecule has 0 spiro atoms. The van der Waals surface area contributed by atoms with Crippen LogP contribution in [0.15, 0.2) is 48.5 Å². The van der Waals surface area contributed by atoms with Crippen LogP contribution in [-0.2, 0) is 0 Å². The van der Waals surface area contributed by atoms with E-state index in [1.54, 1.807) is 0 Å². The average molecular weight is 270 g/mol. The Morgan fingerprint density at radius 1 is 0.700 bits per heavy atom. The number of hydrogen-bond acceptors (Lipinski definition) is 2. The highest BCUT2D eigenvalue weighted by Gasteiger charge is 2.15. The predicted molar refractivity (Wildman–Crippen MR) is 83.4 cm³/mol. The number of ether oxygens (including phenoxy) is 2. The smallest absolute Gasteiger partial charge is 0.169 e. The van der Waals surface area contributed by atoms with Gasteiger partial charge in [-0.3, -0.25) is 0 Å². The standard InChI is InChI=1S/C18H22O2/c1-13(2)19-17-12-8-11-16(18(17)20-14(3)4)15-9-6-5-7-10-15/h5-14H,1-4H3. The summed E-state index contributed by atoms with van der Waals surface area (Å²) in [4.78, 5) is 0. The molecule has 0 aliphatic carbocycles. The molecule has 20 heavy (non-hydrogen) atoms. The highest BCUT2D eigenvalue weighted by Crippen LogP contribution is 2.39. The maximum atomic E-state index is 6.01. The van der Waals surface area contributed by atoms with Crippen LogP contribution in [0.2, 0.25) is 0 Å². The Bertz CT molecular complexity index is 545. The zero-order valence-corrected chi connectivity index (χ0v) is 12.6. The van der Waals surface area contributed by atoms with E-state index in [1.807, 2.05) is 58.0 Å². The average Bonchev–Trinajstić information content (AvgIpc) is 2.40. The van der Waals surface area contributed by atoms with Gasteiger partial charge in [0.2, 0.25) is 0 Å². The van der Waals surface area contributed by atoms with Gasteiger partial charge in [0.25, 0.3) is 0 Å². The van der Waals surface area contributed by atoms with Crippen LogP contribution in [0.5, 0.6) is 11.5 Å². The first-order valence-electron chi connectivity index (χ1n) is 7.09. The summed E-state index contributed by atoms with van der Waals surface area (Å²) in [5.74, 6) is 1.62. The Morgan fingerprint density at radius 2 is 1.35 bits per heavy atom. The summed E-state index contributed by atoms with van der Waals surface area (Å²) in [6.45, 7) is 8.10. The summed E-state index contributed by atoms with van der Waals surface area (Å²) in [5, 5.41) is 0. The first-order chi connectivity index (χ1) is 9.58. The van der Waals surface area contributed by atoms with Gasteiger partial charge in [-0.05, 0) is 39.3 Å². The quantitative estimate of drug-likeness (QED) is 0.767. The normalized spacial score (nSPS) is 10.9. The van der Waals surface area contributed by atoms with Crippen molar-refractivity contribution in [3.63, 3.8) is 0 Å². The molecule has 0 unspecified atom stereocenters. The van der Waals surface area contributed by atoms with Gasteiger partial charge in [0.05, 0.1) is 12.2 Å². The monoisotopic (exact) mass is 270 g/mol. The second kappa shape index (κ2) is 6.47. The molecule has 2 aromatic rings. The van der Waals surface area contributed by atoms with E-state index >= 15 is 0 Å². The first-order valence-corrected chi connectivity index (χ1v) is 7.09. The van der Waals surface area contributed by atoms with Gasteiger partial charge < -0.3 is 9.47 Å². The Kier molecular flexibility index (Phi) is 4.67. The maximum Gasteiger partial charge on any atom is 0.169 e. The summed E-state index contributed by atoms with van der Waals surface area (Å²) in [5.41, 5.74) is 2.20. The van der Waals surface area contributed by atoms with Crippen LogP contribution in [0, 0.1) is 0 Å². The fourth-order valence-corrected chi connectivity index (χ4v) is 2.06. The molecule has 0 N–H and O–H groups in total. The van der Waals surface area contributed by atoms with Crippen molar-refractivity contribution in [2.45, 2.75) is 39.9 Å². The fourth-order valence-electron chi connectivity index (χ4n) is 2.06. The topological polar surface area (TPSA) is 18.5 Å².